The smallest absolute Gasteiger partial charge is 0.133 e. The number of phenols is 1. The third kappa shape index (κ3) is 2.57. The van der Waals surface area contributed by atoms with E-state index < -0.39 is 0 Å². The quantitative estimate of drug-likeness (QED) is 0.891. The molecule has 1 aromatic heterocycles. The average Bonchev–Trinajstić information content (AvgIpc) is 2.94. The normalized spacial score (nSPS) is 17.4. The van der Waals surface area contributed by atoms with E-state index in [4.69, 9.17) is 0 Å². The topological polar surface area (TPSA) is 45.2 Å². The Kier molecular flexibility index (Phi) is 3.74. The van der Waals surface area contributed by atoms with E-state index in [1.807, 2.05) is 30.1 Å². The fourth-order valence-corrected chi connectivity index (χ4v) is 3.93. The van der Waals surface area contributed by atoms with Crippen LogP contribution in [0, 0.1) is 0 Å². The van der Waals surface area contributed by atoms with Gasteiger partial charge < -0.3 is 10.4 Å². The number of nitrogens with one attached hydrogen (secondary N) is 1. The zero-order valence-corrected chi connectivity index (χ0v) is 12.5. The van der Waals surface area contributed by atoms with E-state index in [1.165, 1.54) is 25.7 Å². The van der Waals surface area contributed by atoms with E-state index in [0.29, 0.717) is 4.75 Å². The lowest BCUT2D eigenvalue weighted by Crippen LogP contribution is -2.30. The monoisotopic (exact) mass is 288 g/mol. The molecule has 0 spiro atoms. The third-order valence-corrected chi connectivity index (χ3v) is 5.69. The standard InChI is InChI=1S/C16H20N2OS/c1-20-16(7-2-3-8-16)11-18-15-14-10-13(19)5-4-12(14)6-9-17-15/h4-6,9-10,19H,2-3,7-8,11H2,1H3,(H,17,18). The first-order chi connectivity index (χ1) is 9.72. The summed E-state index contributed by atoms with van der Waals surface area (Å²) >= 11 is 1.97. The number of pyridine rings is 1. The average molecular weight is 288 g/mol. The van der Waals surface area contributed by atoms with Gasteiger partial charge in [-0.15, -0.1) is 0 Å². The van der Waals surface area contributed by atoms with Gasteiger partial charge in [-0.1, -0.05) is 18.9 Å². The summed E-state index contributed by atoms with van der Waals surface area (Å²) in [7, 11) is 0. The molecule has 1 fully saturated rings. The number of aromatic hydroxyl groups is 1. The Hall–Kier alpha value is -1.42. The van der Waals surface area contributed by atoms with Gasteiger partial charge in [-0.3, -0.25) is 0 Å². The van der Waals surface area contributed by atoms with Gasteiger partial charge in [0.2, 0.25) is 0 Å². The number of hydrogen-bond acceptors (Lipinski definition) is 4. The highest BCUT2D eigenvalue weighted by atomic mass is 32.2. The van der Waals surface area contributed by atoms with Crippen molar-refractivity contribution in [1.82, 2.24) is 4.98 Å². The van der Waals surface area contributed by atoms with Crippen LogP contribution in [0.3, 0.4) is 0 Å². The molecule has 0 unspecified atom stereocenters. The lowest BCUT2D eigenvalue weighted by molar-refractivity contribution is 0.476. The Balaban J connectivity index is 1.85. The molecule has 1 aliphatic carbocycles. The summed E-state index contributed by atoms with van der Waals surface area (Å²) in [5.74, 6) is 1.16. The molecule has 1 aromatic carbocycles. The van der Waals surface area contributed by atoms with Gasteiger partial charge in [-0.05, 0) is 42.7 Å². The number of nitrogens with zero attached hydrogens (tertiary/aromatic N) is 1. The fourth-order valence-electron chi connectivity index (χ4n) is 3.01. The molecule has 4 heteroatoms. The maximum atomic E-state index is 9.67. The Morgan fingerprint density at radius 1 is 1.30 bits per heavy atom. The van der Waals surface area contributed by atoms with Crippen molar-refractivity contribution in [1.29, 1.82) is 0 Å². The van der Waals surface area contributed by atoms with Gasteiger partial charge in [0, 0.05) is 22.9 Å². The molecule has 0 atom stereocenters. The van der Waals surface area contributed by atoms with Crippen molar-refractivity contribution < 1.29 is 5.11 Å². The molecule has 20 heavy (non-hydrogen) atoms. The van der Waals surface area contributed by atoms with E-state index in [1.54, 1.807) is 12.1 Å². The van der Waals surface area contributed by atoms with Crippen LogP contribution in [0.25, 0.3) is 10.8 Å². The van der Waals surface area contributed by atoms with Crippen LogP contribution in [-0.4, -0.2) is 27.6 Å². The molecule has 1 heterocycles. The fraction of sp³-hybridized carbons (Fsp3) is 0.438. The Morgan fingerprint density at radius 3 is 2.85 bits per heavy atom. The maximum absolute atomic E-state index is 9.67. The van der Waals surface area contributed by atoms with Crippen molar-refractivity contribution in [3.05, 3.63) is 30.5 Å². The van der Waals surface area contributed by atoms with Gasteiger partial charge in [0.25, 0.3) is 0 Å². The lowest BCUT2D eigenvalue weighted by Gasteiger charge is -2.27. The first kappa shape index (κ1) is 13.6. The number of rotatable bonds is 4. The summed E-state index contributed by atoms with van der Waals surface area (Å²) in [6.45, 7) is 0.940. The molecule has 0 bridgehead atoms. The SMILES string of the molecule is CSC1(CNc2nccc3ccc(O)cc23)CCCC1. The maximum Gasteiger partial charge on any atom is 0.133 e. The summed E-state index contributed by atoms with van der Waals surface area (Å²) in [5, 5.41) is 15.3. The van der Waals surface area contributed by atoms with E-state index in [9.17, 15) is 5.11 Å². The van der Waals surface area contributed by atoms with Gasteiger partial charge in [-0.2, -0.15) is 11.8 Å². The van der Waals surface area contributed by atoms with Crippen LogP contribution in [0.1, 0.15) is 25.7 Å². The van der Waals surface area contributed by atoms with Crippen molar-refractivity contribution in [2.24, 2.45) is 0 Å². The van der Waals surface area contributed by atoms with E-state index in [-0.39, 0.29) is 5.75 Å². The summed E-state index contributed by atoms with van der Waals surface area (Å²) in [4.78, 5) is 4.44. The van der Waals surface area contributed by atoms with Crippen LogP contribution in [-0.2, 0) is 0 Å². The second-order valence-electron chi connectivity index (χ2n) is 5.51. The van der Waals surface area contributed by atoms with Crippen LogP contribution in [0.4, 0.5) is 5.82 Å². The second-order valence-corrected chi connectivity index (χ2v) is 6.79. The predicted molar refractivity (Wildman–Crippen MR) is 86.6 cm³/mol. The van der Waals surface area contributed by atoms with Crippen molar-refractivity contribution in [3.8, 4) is 5.75 Å². The minimum Gasteiger partial charge on any atom is -0.508 e. The molecular weight excluding hydrogens is 268 g/mol. The molecule has 2 aromatic rings. The zero-order valence-electron chi connectivity index (χ0n) is 11.7. The summed E-state index contributed by atoms with van der Waals surface area (Å²) in [6, 6.07) is 7.40. The molecule has 3 rings (SSSR count). The lowest BCUT2D eigenvalue weighted by atomic mass is 10.1. The molecule has 1 aliphatic rings. The number of fused-ring (bicyclic) bond motifs is 1. The first-order valence-electron chi connectivity index (χ1n) is 7.09. The highest BCUT2D eigenvalue weighted by Crippen LogP contribution is 2.40. The third-order valence-electron chi connectivity index (χ3n) is 4.28. The molecule has 0 radical (unpaired) electrons. The van der Waals surface area contributed by atoms with Crippen LogP contribution >= 0.6 is 11.8 Å². The molecule has 0 amide bonds. The second kappa shape index (κ2) is 5.52. The van der Waals surface area contributed by atoms with Crippen LogP contribution in [0.15, 0.2) is 30.5 Å². The largest absolute Gasteiger partial charge is 0.508 e. The number of anilines is 1. The van der Waals surface area contributed by atoms with E-state index in [0.717, 1.165) is 23.1 Å². The van der Waals surface area contributed by atoms with E-state index in [2.05, 4.69) is 16.6 Å². The van der Waals surface area contributed by atoms with Crippen LogP contribution in [0.2, 0.25) is 0 Å². The molecule has 2 N–H and O–H groups in total. The highest BCUT2D eigenvalue weighted by Gasteiger charge is 2.32. The summed E-state index contributed by atoms with van der Waals surface area (Å²) < 4.78 is 0.348. The minimum absolute atomic E-state index is 0.286. The molecule has 1 saturated carbocycles. The number of phenolic OH excluding ortho intramolecular Hbond substituents is 1. The Morgan fingerprint density at radius 2 is 2.10 bits per heavy atom. The van der Waals surface area contributed by atoms with Gasteiger partial charge >= 0.3 is 0 Å². The minimum atomic E-state index is 0.286. The van der Waals surface area contributed by atoms with Gasteiger partial charge in [0.15, 0.2) is 0 Å². The van der Waals surface area contributed by atoms with Crippen LogP contribution < -0.4 is 5.32 Å². The molecular formula is C16H20N2OS. The number of benzene rings is 1. The summed E-state index contributed by atoms with van der Waals surface area (Å²) in [6.07, 6.45) is 9.23. The predicted octanol–water partition coefficient (Wildman–Crippen LogP) is 4.03. The zero-order chi connectivity index (χ0) is 14.0. The molecule has 0 saturated heterocycles. The van der Waals surface area contributed by atoms with Gasteiger partial charge in [0.1, 0.15) is 11.6 Å². The van der Waals surface area contributed by atoms with Gasteiger partial charge in [0.05, 0.1) is 0 Å². The number of thioether (sulfide) groups is 1. The number of hydrogen-bond donors (Lipinski definition) is 2. The van der Waals surface area contributed by atoms with Crippen molar-refractivity contribution >= 4 is 28.4 Å². The summed E-state index contributed by atoms with van der Waals surface area (Å²) in [5.41, 5.74) is 0. The van der Waals surface area contributed by atoms with Crippen LogP contribution in [0.5, 0.6) is 5.75 Å². The molecule has 0 aliphatic heterocycles. The molecule has 106 valence electrons. The van der Waals surface area contributed by atoms with Crippen molar-refractivity contribution in [3.63, 3.8) is 0 Å². The van der Waals surface area contributed by atoms with Gasteiger partial charge in [-0.25, -0.2) is 4.98 Å². The highest BCUT2D eigenvalue weighted by molar-refractivity contribution is 8.00. The Bertz CT molecular complexity index is 608. The first-order valence-corrected chi connectivity index (χ1v) is 8.32. The van der Waals surface area contributed by atoms with Crippen molar-refractivity contribution in [2.45, 2.75) is 30.4 Å². The van der Waals surface area contributed by atoms with Crippen molar-refractivity contribution in [2.75, 3.05) is 18.1 Å². The molecule has 3 nitrogen and oxygen atoms in total. The number of aromatic nitrogens is 1. The Labute approximate surface area is 123 Å². The van der Waals surface area contributed by atoms with E-state index >= 15 is 0 Å².